The minimum absolute atomic E-state index is 0.000425. The molecule has 20 heavy (non-hydrogen) atoms. The van der Waals surface area contributed by atoms with Crippen LogP contribution in [0.5, 0.6) is 0 Å². The molecule has 0 bridgehead atoms. The number of carbonyl (C=O) groups is 1. The number of rotatable bonds is 5. The molecule has 0 radical (unpaired) electrons. The fourth-order valence-electron chi connectivity index (χ4n) is 1.14. The van der Waals surface area contributed by atoms with Crippen molar-refractivity contribution >= 4 is 15.9 Å². The van der Waals surface area contributed by atoms with Crippen LogP contribution in [-0.2, 0) is 10.0 Å². The van der Waals surface area contributed by atoms with Gasteiger partial charge in [0.1, 0.15) is 0 Å². The Labute approximate surface area is 120 Å². The first-order chi connectivity index (χ1) is 9.36. The number of hydrogen-bond acceptors (Lipinski definition) is 4. The summed E-state index contributed by atoms with van der Waals surface area (Å²) in [4.78, 5) is 11.5. The topological polar surface area (TPSA) is 101 Å². The summed E-state index contributed by atoms with van der Waals surface area (Å²) in [7, 11) is -1.76. The standard InChI is InChI=1S/C10H14N2O3S.C3H9N/c1-2-7-12-10(13)8-3-5-9(6-4-8)16(11,14)15;1-3-4-2/h3-6H,2,7H2,1H3,(H,12,13)(H2,11,14,15);4H,3H2,1-2H3. The molecular weight excluding hydrogens is 278 g/mol. The van der Waals surface area contributed by atoms with Crippen LogP contribution in [0.4, 0.5) is 0 Å². The van der Waals surface area contributed by atoms with Crippen molar-refractivity contribution < 1.29 is 13.2 Å². The smallest absolute Gasteiger partial charge is 0.251 e. The van der Waals surface area contributed by atoms with Crippen LogP contribution in [0.3, 0.4) is 0 Å². The van der Waals surface area contributed by atoms with Crippen molar-refractivity contribution in [2.45, 2.75) is 25.2 Å². The summed E-state index contributed by atoms with van der Waals surface area (Å²) in [6.45, 7) is 5.68. The fraction of sp³-hybridized carbons (Fsp3) is 0.462. The van der Waals surface area contributed by atoms with Gasteiger partial charge in [-0.1, -0.05) is 13.8 Å². The van der Waals surface area contributed by atoms with Crippen LogP contribution in [0.1, 0.15) is 30.6 Å². The Morgan fingerprint density at radius 1 is 1.20 bits per heavy atom. The molecule has 0 saturated heterocycles. The van der Waals surface area contributed by atoms with Crippen molar-refractivity contribution in [2.75, 3.05) is 20.1 Å². The molecule has 0 aliphatic rings. The fourth-order valence-corrected chi connectivity index (χ4v) is 1.65. The molecule has 0 fully saturated rings. The van der Waals surface area contributed by atoms with E-state index in [1.165, 1.54) is 24.3 Å². The molecule has 0 saturated carbocycles. The largest absolute Gasteiger partial charge is 0.352 e. The normalized spacial score (nSPS) is 10.4. The number of sulfonamides is 1. The molecule has 0 unspecified atom stereocenters. The molecule has 4 N–H and O–H groups in total. The van der Waals surface area contributed by atoms with Gasteiger partial charge in [0.25, 0.3) is 5.91 Å². The number of hydrogen-bond donors (Lipinski definition) is 3. The highest BCUT2D eigenvalue weighted by Gasteiger charge is 2.09. The molecule has 6 nitrogen and oxygen atoms in total. The van der Waals surface area contributed by atoms with Crippen molar-refractivity contribution in [2.24, 2.45) is 5.14 Å². The van der Waals surface area contributed by atoms with E-state index in [0.29, 0.717) is 12.1 Å². The number of benzene rings is 1. The lowest BCUT2D eigenvalue weighted by Gasteiger charge is -2.04. The van der Waals surface area contributed by atoms with E-state index in [2.05, 4.69) is 17.6 Å². The van der Waals surface area contributed by atoms with Gasteiger partial charge >= 0.3 is 0 Å². The van der Waals surface area contributed by atoms with Crippen molar-refractivity contribution in [3.05, 3.63) is 29.8 Å². The number of amides is 1. The first-order valence-electron chi connectivity index (χ1n) is 6.42. The maximum atomic E-state index is 11.5. The van der Waals surface area contributed by atoms with Crippen LogP contribution in [0.15, 0.2) is 29.2 Å². The second-order valence-electron chi connectivity index (χ2n) is 4.03. The van der Waals surface area contributed by atoms with Crippen molar-refractivity contribution in [1.82, 2.24) is 10.6 Å². The van der Waals surface area contributed by atoms with Gasteiger partial charge in [0.15, 0.2) is 0 Å². The van der Waals surface area contributed by atoms with Gasteiger partial charge < -0.3 is 10.6 Å². The van der Waals surface area contributed by atoms with E-state index in [-0.39, 0.29) is 10.8 Å². The van der Waals surface area contributed by atoms with Crippen molar-refractivity contribution in [3.63, 3.8) is 0 Å². The molecule has 0 aromatic heterocycles. The second kappa shape index (κ2) is 9.46. The summed E-state index contributed by atoms with van der Waals surface area (Å²) >= 11 is 0. The Kier molecular flexibility index (Phi) is 8.78. The van der Waals surface area contributed by atoms with Gasteiger partial charge in [-0.05, 0) is 44.3 Å². The van der Waals surface area contributed by atoms with E-state index >= 15 is 0 Å². The zero-order chi connectivity index (χ0) is 15.6. The summed E-state index contributed by atoms with van der Waals surface area (Å²) in [5, 5.41) is 10.6. The third-order valence-electron chi connectivity index (χ3n) is 2.33. The molecule has 0 spiro atoms. The molecule has 0 heterocycles. The van der Waals surface area contributed by atoms with E-state index in [9.17, 15) is 13.2 Å². The van der Waals surface area contributed by atoms with Crippen molar-refractivity contribution in [1.29, 1.82) is 0 Å². The van der Waals surface area contributed by atoms with Crippen molar-refractivity contribution in [3.8, 4) is 0 Å². The Morgan fingerprint density at radius 3 is 2.05 bits per heavy atom. The monoisotopic (exact) mass is 301 g/mol. The minimum atomic E-state index is -3.69. The van der Waals surface area contributed by atoms with Gasteiger partial charge in [0, 0.05) is 12.1 Å². The van der Waals surface area contributed by atoms with E-state index in [1.807, 2.05) is 14.0 Å². The van der Waals surface area contributed by atoms with Gasteiger partial charge in [-0.3, -0.25) is 4.79 Å². The van der Waals surface area contributed by atoms with Gasteiger partial charge in [-0.25, -0.2) is 13.6 Å². The molecule has 0 aliphatic carbocycles. The molecule has 1 aromatic rings. The molecular formula is C13H23N3O3S. The number of nitrogens with one attached hydrogen (secondary N) is 2. The van der Waals surface area contributed by atoms with Crippen LogP contribution in [0, 0.1) is 0 Å². The van der Waals surface area contributed by atoms with Crippen LogP contribution in [0.2, 0.25) is 0 Å². The summed E-state index contributed by atoms with van der Waals surface area (Å²) in [6, 6.07) is 5.50. The van der Waals surface area contributed by atoms with E-state index in [4.69, 9.17) is 5.14 Å². The average molecular weight is 301 g/mol. The zero-order valence-corrected chi connectivity index (χ0v) is 13.0. The average Bonchev–Trinajstić information content (AvgIpc) is 2.44. The molecule has 0 aliphatic heterocycles. The molecule has 1 aromatic carbocycles. The summed E-state index contributed by atoms with van der Waals surface area (Å²) in [6.07, 6.45) is 0.848. The third kappa shape index (κ3) is 7.22. The molecule has 114 valence electrons. The maximum Gasteiger partial charge on any atom is 0.251 e. The Bertz CT molecular complexity index is 496. The Hall–Kier alpha value is -1.44. The number of carbonyl (C=O) groups excluding carboxylic acids is 1. The van der Waals surface area contributed by atoms with E-state index < -0.39 is 10.0 Å². The third-order valence-corrected chi connectivity index (χ3v) is 3.26. The minimum Gasteiger partial charge on any atom is -0.352 e. The Balaban J connectivity index is 0.000000796. The second-order valence-corrected chi connectivity index (χ2v) is 5.59. The van der Waals surface area contributed by atoms with Crippen LogP contribution in [0.25, 0.3) is 0 Å². The molecule has 1 rings (SSSR count). The highest BCUT2D eigenvalue weighted by Crippen LogP contribution is 2.08. The summed E-state index contributed by atoms with van der Waals surface area (Å²) in [5.41, 5.74) is 0.417. The summed E-state index contributed by atoms with van der Waals surface area (Å²) < 4.78 is 21.9. The Morgan fingerprint density at radius 2 is 1.70 bits per heavy atom. The van der Waals surface area contributed by atoms with Crippen LogP contribution < -0.4 is 15.8 Å². The first kappa shape index (κ1) is 18.6. The molecule has 1 amide bonds. The van der Waals surface area contributed by atoms with Gasteiger partial charge in [-0.15, -0.1) is 0 Å². The quantitative estimate of drug-likeness (QED) is 0.745. The predicted octanol–water partition coefficient (Wildman–Crippen LogP) is 0.700. The van der Waals surface area contributed by atoms with Gasteiger partial charge in [0.2, 0.25) is 10.0 Å². The van der Waals surface area contributed by atoms with Crippen LogP contribution in [-0.4, -0.2) is 34.5 Å². The summed E-state index contributed by atoms with van der Waals surface area (Å²) in [5.74, 6) is -0.220. The zero-order valence-electron chi connectivity index (χ0n) is 12.1. The lowest BCUT2D eigenvalue weighted by molar-refractivity contribution is 0.0953. The first-order valence-corrected chi connectivity index (χ1v) is 7.97. The number of primary sulfonamides is 1. The molecule has 7 heteroatoms. The predicted molar refractivity (Wildman–Crippen MR) is 80.0 cm³/mol. The van der Waals surface area contributed by atoms with E-state index in [1.54, 1.807) is 0 Å². The molecule has 0 atom stereocenters. The van der Waals surface area contributed by atoms with Crippen LogP contribution >= 0.6 is 0 Å². The lowest BCUT2D eigenvalue weighted by atomic mass is 10.2. The highest BCUT2D eigenvalue weighted by molar-refractivity contribution is 7.89. The van der Waals surface area contributed by atoms with E-state index in [0.717, 1.165) is 13.0 Å². The SMILES string of the molecule is CCCNC(=O)c1ccc(S(N)(=O)=O)cc1.CCNC. The highest BCUT2D eigenvalue weighted by atomic mass is 32.2. The number of nitrogens with two attached hydrogens (primary N) is 1. The van der Waals surface area contributed by atoms with Gasteiger partial charge in [0.05, 0.1) is 4.90 Å². The van der Waals surface area contributed by atoms with Gasteiger partial charge in [-0.2, -0.15) is 0 Å². The maximum absolute atomic E-state index is 11.5. The lowest BCUT2D eigenvalue weighted by Crippen LogP contribution is -2.24.